The number of carbonyl (C=O) groups is 1. The summed E-state index contributed by atoms with van der Waals surface area (Å²) in [6, 6.07) is 6.93. The lowest BCUT2D eigenvalue weighted by atomic mass is 9.96. The van der Waals surface area contributed by atoms with Gasteiger partial charge < -0.3 is 15.9 Å². The fourth-order valence-corrected chi connectivity index (χ4v) is 5.04. The number of benzene rings is 1. The van der Waals surface area contributed by atoms with E-state index in [9.17, 15) is 19.8 Å². The zero-order chi connectivity index (χ0) is 19.7. The summed E-state index contributed by atoms with van der Waals surface area (Å²) in [4.78, 5) is 26.0. The molecule has 0 bridgehead atoms. The topological polar surface area (TPSA) is 109 Å². The normalized spacial score (nSPS) is 28.2. The van der Waals surface area contributed by atoms with Crippen LogP contribution in [-0.2, 0) is 6.42 Å². The summed E-state index contributed by atoms with van der Waals surface area (Å²) in [6.45, 7) is 1.44. The zero-order valence-electron chi connectivity index (χ0n) is 15.0. The minimum atomic E-state index is -1.64. The second kappa shape index (κ2) is 5.89. The van der Waals surface area contributed by atoms with Crippen molar-refractivity contribution < 1.29 is 19.5 Å². The van der Waals surface area contributed by atoms with Crippen molar-refractivity contribution in [2.45, 2.75) is 24.9 Å². The van der Waals surface area contributed by atoms with Gasteiger partial charge in [0.05, 0.1) is 5.69 Å². The van der Waals surface area contributed by atoms with Gasteiger partial charge in [-0.1, -0.05) is 28.7 Å². The average Bonchev–Trinajstić information content (AvgIpc) is 3.08. The number of aromatic carboxylic acids is 1. The largest absolute Gasteiger partial charge is 0.506 e. The van der Waals surface area contributed by atoms with Gasteiger partial charge in [-0.2, -0.15) is 0 Å². The molecule has 2 aliphatic carbocycles. The molecule has 1 aromatic carbocycles. The van der Waals surface area contributed by atoms with Gasteiger partial charge in [-0.3, -0.25) is 9.69 Å². The van der Waals surface area contributed by atoms with Gasteiger partial charge in [0.1, 0.15) is 5.75 Å². The molecule has 0 amide bonds. The molecule has 146 valence electrons. The predicted molar refractivity (Wildman–Crippen MR) is 98.9 cm³/mol. The third-order valence-corrected chi connectivity index (χ3v) is 6.57. The Hall–Kier alpha value is -2.71. The van der Waals surface area contributed by atoms with E-state index in [2.05, 4.69) is 4.90 Å². The number of aromatic nitrogens is 1. The van der Waals surface area contributed by atoms with E-state index < -0.39 is 22.8 Å². The molecule has 4 atom stereocenters. The highest BCUT2D eigenvalue weighted by molar-refractivity contribution is 5.92. The molecule has 4 N–H and O–H groups in total. The van der Waals surface area contributed by atoms with Crippen molar-refractivity contribution in [3.63, 3.8) is 0 Å². The summed E-state index contributed by atoms with van der Waals surface area (Å²) in [5.41, 5.74) is 5.26. The summed E-state index contributed by atoms with van der Waals surface area (Å²) in [6.07, 6.45) is 1.22. The number of aryl methyl sites for hydroxylation is 1. The van der Waals surface area contributed by atoms with Crippen LogP contribution in [0.4, 0.5) is 4.48 Å². The molecule has 7 nitrogen and oxygen atoms in total. The smallest absolute Gasteiger partial charge is 0.345 e. The standard InChI is InChI=1S/C20H20FN3O4/c21-24-17-10-4-2-1-3-9(10)5-6-13(23-7-11-12(8-23)16(11)22)14(17)18(25)15(19(24)26)20(27)28/h1-4,11-13,16,25H,5-8,22H2,(H,27,28)/t11-,12+,13?,16?. The fourth-order valence-electron chi connectivity index (χ4n) is 5.04. The first-order chi connectivity index (χ1) is 13.4. The third-order valence-electron chi connectivity index (χ3n) is 6.57. The van der Waals surface area contributed by atoms with Crippen molar-refractivity contribution in [3.8, 4) is 17.0 Å². The maximum absolute atomic E-state index is 15.1. The minimum absolute atomic E-state index is 0.0459. The molecule has 8 heteroatoms. The SMILES string of the molecule is NC1[C@H]2CN(C3CCc4ccccc4-c4c3c(O)c(C(=O)O)c(=O)n4F)C[C@@H]12. The summed E-state index contributed by atoms with van der Waals surface area (Å²) in [5.74, 6) is -1.51. The molecule has 1 saturated carbocycles. The minimum Gasteiger partial charge on any atom is -0.506 e. The average molecular weight is 385 g/mol. The Morgan fingerprint density at radius 2 is 1.89 bits per heavy atom. The van der Waals surface area contributed by atoms with Crippen LogP contribution in [0, 0.1) is 11.8 Å². The number of pyridine rings is 1. The van der Waals surface area contributed by atoms with Crippen molar-refractivity contribution in [3.05, 3.63) is 51.3 Å². The Balaban J connectivity index is 1.75. The van der Waals surface area contributed by atoms with Crippen LogP contribution in [0.5, 0.6) is 5.75 Å². The molecule has 3 aliphatic rings. The summed E-state index contributed by atoms with van der Waals surface area (Å²) in [7, 11) is 0. The quantitative estimate of drug-likeness (QED) is 0.723. The lowest BCUT2D eigenvalue weighted by molar-refractivity contribution is 0.0688. The van der Waals surface area contributed by atoms with Gasteiger partial charge in [0.2, 0.25) is 0 Å². The van der Waals surface area contributed by atoms with Crippen molar-refractivity contribution in [1.29, 1.82) is 0 Å². The lowest BCUT2D eigenvalue weighted by Gasteiger charge is -2.31. The van der Waals surface area contributed by atoms with Crippen LogP contribution in [0.3, 0.4) is 0 Å². The van der Waals surface area contributed by atoms with E-state index >= 15 is 4.48 Å². The number of hydrogen-bond acceptors (Lipinski definition) is 5. The van der Waals surface area contributed by atoms with Crippen LogP contribution in [0.2, 0.25) is 0 Å². The molecule has 5 rings (SSSR count). The molecule has 0 radical (unpaired) electrons. The Morgan fingerprint density at radius 3 is 2.57 bits per heavy atom. The Labute approximate surface area is 159 Å². The van der Waals surface area contributed by atoms with E-state index in [1.54, 1.807) is 12.1 Å². The molecule has 1 aromatic heterocycles. The zero-order valence-corrected chi connectivity index (χ0v) is 15.0. The van der Waals surface area contributed by atoms with Gasteiger partial charge in [-0.25, -0.2) is 4.79 Å². The van der Waals surface area contributed by atoms with E-state index in [1.807, 2.05) is 12.1 Å². The predicted octanol–water partition coefficient (Wildman–Crippen LogP) is 1.53. The maximum atomic E-state index is 15.1. The monoisotopic (exact) mass is 385 g/mol. The second-order valence-electron chi connectivity index (χ2n) is 7.95. The molecule has 2 unspecified atom stereocenters. The Morgan fingerprint density at radius 1 is 1.21 bits per heavy atom. The summed E-state index contributed by atoms with van der Waals surface area (Å²) in [5, 5.41) is 20.2. The number of nitrogens with zero attached hydrogens (tertiary/aromatic N) is 2. The molecular formula is C20H20FN3O4. The van der Waals surface area contributed by atoms with Crippen LogP contribution in [0.25, 0.3) is 11.3 Å². The summed E-state index contributed by atoms with van der Waals surface area (Å²) < 4.78 is 15.1. The van der Waals surface area contributed by atoms with Crippen molar-refractivity contribution in [2.75, 3.05) is 13.1 Å². The molecule has 2 fully saturated rings. The number of piperidine rings is 1. The molecule has 2 aromatic rings. The molecule has 28 heavy (non-hydrogen) atoms. The van der Waals surface area contributed by atoms with E-state index in [4.69, 9.17) is 5.73 Å². The highest BCUT2D eigenvalue weighted by Crippen LogP contribution is 2.51. The number of likely N-dealkylation sites (tertiary alicyclic amines) is 1. The number of nitrogens with two attached hydrogens (primary N) is 1. The molecule has 0 spiro atoms. The fraction of sp³-hybridized carbons (Fsp3) is 0.400. The first-order valence-corrected chi connectivity index (χ1v) is 9.39. The highest BCUT2D eigenvalue weighted by Gasteiger charge is 2.55. The van der Waals surface area contributed by atoms with E-state index in [0.717, 1.165) is 18.7 Å². The van der Waals surface area contributed by atoms with Gasteiger partial charge in [0.25, 0.3) is 5.56 Å². The number of fused-ring (bicyclic) bond motifs is 4. The van der Waals surface area contributed by atoms with Crippen molar-refractivity contribution in [1.82, 2.24) is 9.69 Å². The van der Waals surface area contributed by atoms with Crippen LogP contribution in [-0.4, -0.2) is 45.0 Å². The van der Waals surface area contributed by atoms with Crippen LogP contribution < -0.4 is 11.3 Å². The second-order valence-corrected chi connectivity index (χ2v) is 7.95. The number of halogens is 1. The van der Waals surface area contributed by atoms with Gasteiger partial charge in [0, 0.05) is 36.3 Å². The molecule has 2 heterocycles. The van der Waals surface area contributed by atoms with Crippen LogP contribution >= 0.6 is 0 Å². The highest BCUT2D eigenvalue weighted by atomic mass is 19.2. The third kappa shape index (κ3) is 2.28. The van der Waals surface area contributed by atoms with Crippen molar-refractivity contribution in [2.24, 2.45) is 17.6 Å². The molecule has 1 saturated heterocycles. The van der Waals surface area contributed by atoms with Crippen LogP contribution in [0.1, 0.15) is 33.9 Å². The Kier molecular flexibility index (Phi) is 3.66. The lowest BCUT2D eigenvalue weighted by Crippen LogP contribution is -2.34. The van der Waals surface area contributed by atoms with E-state index in [1.165, 1.54) is 0 Å². The summed E-state index contributed by atoms with van der Waals surface area (Å²) >= 11 is 0. The van der Waals surface area contributed by atoms with Gasteiger partial charge >= 0.3 is 5.97 Å². The molecular weight excluding hydrogens is 365 g/mol. The van der Waals surface area contributed by atoms with Gasteiger partial charge in [0.15, 0.2) is 5.56 Å². The number of carboxylic acids is 1. The van der Waals surface area contributed by atoms with Gasteiger partial charge in [-0.05, 0) is 30.2 Å². The number of carboxylic acid groups (broad SMARTS) is 1. The van der Waals surface area contributed by atoms with Gasteiger partial charge in [-0.15, -0.1) is 4.79 Å². The van der Waals surface area contributed by atoms with Crippen LogP contribution in [0.15, 0.2) is 29.1 Å². The van der Waals surface area contributed by atoms with Crippen molar-refractivity contribution >= 4 is 5.97 Å². The first kappa shape index (κ1) is 17.4. The maximum Gasteiger partial charge on any atom is 0.345 e. The first-order valence-electron chi connectivity index (χ1n) is 9.39. The Bertz CT molecular complexity index is 1050. The molecule has 1 aliphatic heterocycles. The number of aromatic hydroxyl groups is 1. The number of rotatable bonds is 2. The van der Waals surface area contributed by atoms with E-state index in [-0.39, 0.29) is 28.1 Å². The van der Waals surface area contributed by atoms with E-state index in [0.29, 0.717) is 30.2 Å². The number of hydrogen-bond donors (Lipinski definition) is 3.